The summed E-state index contributed by atoms with van der Waals surface area (Å²) in [5.41, 5.74) is 0.0555. The van der Waals surface area contributed by atoms with E-state index in [0.717, 1.165) is 19.4 Å². The van der Waals surface area contributed by atoms with Crippen LogP contribution >= 0.6 is 0 Å². The Morgan fingerprint density at radius 3 is 2.40 bits per heavy atom. The van der Waals surface area contributed by atoms with Gasteiger partial charge in [-0.05, 0) is 40.5 Å². The molecule has 30 heavy (non-hydrogen) atoms. The van der Waals surface area contributed by atoms with Gasteiger partial charge in [0, 0.05) is 25.4 Å². The molecular weight excluding hydrogens is 384 g/mol. The number of carbonyl (C=O) groups excluding carboxylic acids is 2. The summed E-state index contributed by atoms with van der Waals surface area (Å²) < 4.78 is 13.6. The van der Waals surface area contributed by atoms with Gasteiger partial charge in [0.1, 0.15) is 11.5 Å². The van der Waals surface area contributed by atoms with Gasteiger partial charge in [0.05, 0.1) is 37.1 Å². The first-order valence-corrected chi connectivity index (χ1v) is 10.9. The molecule has 0 saturated carbocycles. The van der Waals surface area contributed by atoms with Crippen molar-refractivity contribution in [3.8, 4) is 0 Å². The SMILES string of the molecule is CCCOC(C)(C)CCOC(C)(C)Cn1cc(CNC(=O)CCC(=O)C(C)C)nn1. The van der Waals surface area contributed by atoms with E-state index in [1.807, 2.05) is 27.7 Å². The zero-order valence-corrected chi connectivity index (χ0v) is 19.8. The highest BCUT2D eigenvalue weighted by molar-refractivity contribution is 5.85. The number of nitrogens with zero attached hydrogens (tertiary/aromatic N) is 3. The van der Waals surface area contributed by atoms with E-state index >= 15 is 0 Å². The first-order valence-electron chi connectivity index (χ1n) is 10.9. The second kappa shape index (κ2) is 12.2. The Morgan fingerprint density at radius 1 is 1.10 bits per heavy atom. The highest BCUT2D eigenvalue weighted by atomic mass is 16.5. The molecule has 0 saturated heterocycles. The fraction of sp³-hybridized carbons (Fsp3) is 0.818. The smallest absolute Gasteiger partial charge is 0.220 e. The largest absolute Gasteiger partial charge is 0.375 e. The average Bonchev–Trinajstić information content (AvgIpc) is 3.08. The van der Waals surface area contributed by atoms with E-state index in [9.17, 15) is 9.59 Å². The number of hydrogen-bond donors (Lipinski definition) is 1. The molecule has 0 aliphatic rings. The first-order chi connectivity index (χ1) is 13.9. The maximum Gasteiger partial charge on any atom is 0.220 e. The summed E-state index contributed by atoms with van der Waals surface area (Å²) >= 11 is 0. The van der Waals surface area contributed by atoms with Crippen LogP contribution in [-0.2, 0) is 32.2 Å². The molecule has 0 aliphatic heterocycles. The van der Waals surface area contributed by atoms with Crippen molar-refractivity contribution in [1.29, 1.82) is 0 Å². The summed E-state index contributed by atoms with van der Waals surface area (Å²) in [6, 6.07) is 0. The molecule has 1 aromatic rings. The van der Waals surface area contributed by atoms with Gasteiger partial charge in [0.25, 0.3) is 0 Å². The Hall–Kier alpha value is -1.80. The Kier molecular flexibility index (Phi) is 10.6. The summed E-state index contributed by atoms with van der Waals surface area (Å²) in [5, 5.41) is 11.0. The average molecular weight is 425 g/mol. The van der Waals surface area contributed by atoms with Crippen LogP contribution in [0.1, 0.15) is 79.8 Å². The van der Waals surface area contributed by atoms with Gasteiger partial charge in [-0.1, -0.05) is 26.0 Å². The van der Waals surface area contributed by atoms with Crippen LogP contribution in [-0.4, -0.2) is 51.1 Å². The van der Waals surface area contributed by atoms with E-state index in [1.54, 1.807) is 10.9 Å². The lowest BCUT2D eigenvalue weighted by atomic mass is 10.0. The molecule has 1 rings (SSSR count). The van der Waals surface area contributed by atoms with E-state index in [2.05, 4.69) is 36.4 Å². The van der Waals surface area contributed by atoms with Crippen LogP contribution in [0.3, 0.4) is 0 Å². The second-order valence-electron chi connectivity index (χ2n) is 9.27. The Morgan fingerprint density at radius 2 is 1.77 bits per heavy atom. The maximum absolute atomic E-state index is 11.9. The number of hydrogen-bond acceptors (Lipinski definition) is 6. The monoisotopic (exact) mass is 424 g/mol. The fourth-order valence-corrected chi connectivity index (χ4v) is 2.76. The fourth-order valence-electron chi connectivity index (χ4n) is 2.76. The molecule has 1 amide bonds. The van der Waals surface area contributed by atoms with Crippen LogP contribution in [0.2, 0.25) is 0 Å². The Balaban J connectivity index is 2.39. The summed E-state index contributed by atoms with van der Waals surface area (Å²) in [6.07, 6.45) is 4.08. The molecule has 0 aliphatic carbocycles. The molecule has 0 aromatic carbocycles. The van der Waals surface area contributed by atoms with E-state index in [0.29, 0.717) is 25.4 Å². The zero-order valence-electron chi connectivity index (χ0n) is 19.8. The minimum atomic E-state index is -0.410. The molecule has 0 spiro atoms. The van der Waals surface area contributed by atoms with Crippen LogP contribution < -0.4 is 5.32 Å². The Bertz CT molecular complexity index is 668. The van der Waals surface area contributed by atoms with Gasteiger partial charge in [-0.2, -0.15) is 0 Å². The van der Waals surface area contributed by atoms with Crippen LogP contribution in [0.25, 0.3) is 0 Å². The maximum atomic E-state index is 11.9. The summed E-state index contributed by atoms with van der Waals surface area (Å²) in [4.78, 5) is 23.5. The molecule has 0 radical (unpaired) electrons. The number of aromatic nitrogens is 3. The third-order valence-corrected chi connectivity index (χ3v) is 4.73. The van der Waals surface area contributed by atoms with Gasteiger partial charge >= 0.3 is 0 Å². The third-order valence-electron chi connectivity index (χ3n) is 4.73. The van der Waals surface area contributed by atoms with Gasteiger partial charge in [0.2, 0.25) is 5.91 Å². The lowest BCUT2D eigenvalue weighted by molar-refractivity contribution is -0.126. The predicted octanol–water partition coefficient (Wildman–Crippen LogP) is 3.29. The summed E-state index contributed by atoms with van der Waals surface area (Å²) in [6.45, 7) is 16.2. The van der Waals surface area contributed by atoms with Crippen molar-refractivity contribution in [2.45, 2.75) is 98.4 Å². The number of Topliss-reactive ketones (excluding diaryl/α,β-unsaturated/α-hetero) is 1. The molecule has 8 heteroatoms. The summed E-state index contributed by atoms with van der Waals surface area (Å²) in [5.74, 6) is -0.105. The molecule has 0 fully saturated rings. The van der Waals surface area contributed by atoms with Crippen molar-refractivity contribution in [3.63, 3.8) is 0 Å². The number of ether oxygens (including phenoxy) is 2. The van der Waals surface area contributed by atoms with Crippen LogP contribution in [0.15, 0.2) is 6.20 Å². The highest BCUT2D eigenvalue weighted by Gasteiger charge is 2.23. The van der Waals surface area contributed by atoms with Gasteiger partial charge in [0.15, 0.2) is 0 Å². The number of rotatable bonds is 15. The van der Waals surface area contributed by atoms with Crippen molar-refractivity contribution in [3.05, 3.63) is 11.9 Å². The van der Waals surface area contributed by atoms with Crippen molar-refractivity contribution < 1.29 is 19.1 Å². The van der Waals surface area contributed by atoms with Gasteiger partial charge < -0.3 is 14.8 Å². The molecule has 1 aromatic heterocycles. The van der Waals surface area contributed by atoms with E-state index in [4.69, 9.17) is 9.47 Å². The topological polar surface area (TPSA) is 95.3 Å². The quantitative estimate of drug-likeness (QED) is 0.464. The van der Waals surface area contributed by atoms with Crippen molar-refractivity contribution >= 4 is 11.7 Å². The molecule has 8 nitrogen and oxygen atoms in total. The molecule has 0 unspecified atom stereocenters. The number of carbonyl (C=O) groups is 2. The van der Waals surface area contributed by atoms with Gasteiger partial charge in [-0.25, -0.2) is 4.68 Å². The van der Waals surface area contributed by atoms with Crippen LogP contribution in [0.5, 0.6) is 0 Å². The standard InChI is InChI=1S/C22H40N4O4/c1-8-12-29-21(4,5)11-13-30-22(6,7)16-26-15-18(24-25-26)14-23-20(28)10-9-19(27)17(2)3/h15,17H,8-14,16H2,1-7H3,(H,23,28). The van der Waals surface area contributed by atoms with Crippen molar-refractivity contribution in [2.75, 3.05) is 13.2 Å². The molecule has 0 atom stereocenters. The Labute approximate surface area is 181 Å². The van der Waals surface area contributed by atoms with Gasteiger partial charge in [-0.15, -0.1) is 5.10 Å². The second-order valence-corrected chi connectivity index (χ2v) is 9.27. The van der Waals surface area contributed by atoms with E-state index in [-0.39, 0.29) is 36.1 Å². The molecule has 0 bridgehead atoms. The normalized spacial score (nSPS) is 12.4. The van der Waals surface area contributed by atoms with E-state index < -0.39 is 5.60 Å². The predicted molar refractivity (Wildman–Crippen MR) is 116 cm³/mol. The lowest BCUT2D eigenvalue weighted by Gasteiger charge is -2.29. The highest BCUT2D eigenvalue weighted by Crippen LogP contribution is 2.18. The third kappa shape index (κ3) is 10.8. The zero-order chi connectivity index (χ0) is 22.8. The number of ketones is 1. The van der Waals surface area contributed by atoms with Crippen LogP contribution in [0.4, 0.5) is 0 Å². The molecule has 1 N–H and O–H groups in total. The minimum absolute atomic E-state index is 0.0433. The molecule has 172 valence electrons. The molecule has 1 heterocycles. The molecular formula is C22H40N4O4. The van der Waals surface area contributed by atoms with Crippen LogP contribution in [0, 0.1) is 5.92 Å². The van der Waals surface area contributed by atoms with Crippen molar-refractivity contribution in [2.24, 2.45) is 5.92 Å². The number of nitrogens with one attached hydrogen (secondary N) is 1. The lowest BCUT2D eigenvalue weighted by Crippen LogP contribution is -2.34. The van der Waals surface area contributed by atoms with E-state index in [1.165, 1.54) is 0 Å². The number of amides is 1. The van der Waals surface area contributed by atoms with Gasteiger partial charge in [-0.3, -0.25) is 9.59 Å². The summed E-state index contributed by atoms with van der Waals surface area (Å²) in [7, 11) is 0. The first kappa shape index (κ1) is 26.2. The minimum Gasteiger partial charge on any atom is -0.375 e. The van der Waals surface area contributed by atoms with Crippen molar-refractivity contribution in [1.82, 2.24) is 20.3 Å².